The molecule has 1 rings (SSSR count). The molecule has 1 aromatic rings. The standard InChI is InChI=1S/C13H16FNO5S/c1-8(2)15-12(16)5-6-21(19,20)11-7-9(13(17)18)3-4-10(11)14/h3-4,7-8H,5-6H2,1-2H3,(H,15,16)(H,17,18). The highest BCUT2D eigenvalue weighted by Gasteiger charge is 2.22. The molecular formula is C13H16FNO5S. The number of carbonyl (C=O) groups is 2. The van der Waals surface area contributed by atoms with Crippen molar-refractivity contribution < 1.29 is 27.5 Å². The van der Waals surface area contributed by atoms with Gasteiger partial charge in [-0.15, -0.1) is 0 Å². The van der Waals surface area contributed by atoms with Crippen LogP contribution in [0.1, 0.15) is 30.6 Å². The Morgan fingerprint density at radius 1 is 1.33 bits per heavy atom. The predicted molar refractivity (Wildman–Crippen MR) is 73.3 cm³/mol. The summed E-state index contributed by atoms with van der Waals surface area (Å²) in [6.45, 7) is 3.45. The zero-order chi connectivity index (χ0) is 16.2. The molecule has 0 atom stereocenters. The van der Waals surface area contributed by atoms with Gasteiger partial charge in [-0.1, -0.05) is 0 Å². The Labute approximate surface area is 121 Å². The highest BCUT2D eigenvalue weighted by Crippen LogP contribution is 2.18. The van der Waals surface area contributed by atoms with E-state index < -0.39 is 38.2 Å². The van der Waals surface area contributed by atoms with E-state index >= 15 is 0 Å². The van der Waals surface area contributed by atoms with Gasteiger partial charge in [-0.3, -0.25) is 4.79 Å². The summed E-state index contributed by atoms with van der Waals surface area (Å²) in [4.78, 5) is 21.5. The minimum Gasteiger partial charge on any atom is -0.478 e. The summed E-state index contributed by atoms with van der Waals surface area (Å²) in [6, 6.07) is 2.38. The maximum absolute atomic E-state index is 13.6. The Kier molecular flexibility index (Phi) is 5.42. The lowest BCUT2D eigenvalue weighted by atomic mass is 10.2. The highest BCUT2D eigenvalue weighted by molar-refractivity contribution is 7.91. The molecule has 0 saturated heterocycles. The van der Waals surface area contributed by atoms with Crippen molar-refractivity contribution in [2.75, 3.05) is 5.75 Å². The van der Waals surface area contributed by atoms with Gasteiger partial charge in [-0.05, 0) is 32.0 Å². The van der Waals surface area contributed by atoms with Crippen LogP contribution in [0.3, 0.4) is 0 Å². The van der Waals surface area contributed by atoms with Crippen LogP contribution in [-0.2, 0) is 14.6 Å². The number of carbonyl (C=O) groups excluding carboxylic acids is 1. The molecule has 0 fully saturated rings. The third-order valence-corrected chi connectivity index (χ3v) is 4.29. The minimum absolute atomic E-state index is 0.132. The summed E-state index contributed by atoms with van der Waals surface area (Å²) in [5.74, 6) is -3.46. The van der Waals surface area contributed by atoms with Gasteiger partial charge in [0, 0.05) is 12.5 Å². The maximum Gasteiger partial charge on any atom is 0.335 e. The molecule has 0 saturated carbocycles. The van der Waals surface area contributed by atoms with Gasteiger partial charge < -0.3 is 10.4 Å². The molecule has 116 valence electrons. The van der Waals surface area contributed by atoms with Crippen molar-refractivity contribution in [3.8, 4) is 0 Å². The van der Waals surface area contributed by atoms with Crippen LogP contribution < -0.4 is 5.32 Å². The molecule has 21 heavy (non-hydrogen) atoms. The summed E-state index contributed by atoms with van der Waals surface area (Å²) in [6.07, 6.45) is -0.322. The number of hydrogen-bond acceptors (Lipinski definition) is 4. The van der Waals surface area contributed by atoms with Crippen molar-refractivity contribution in [3.63, 3.8) is 0 Å². The van der Waals surface area contributed by atoms with E-state index in [4.69, 9.17) is 5.11 Å². The third kappa shape index (κ3) is 4.82. The fourth-order valence-electron chi connectivity index (χ4n) is 1.61. The lowest BCUT2D eigenvalue weighted by Crippen LogP contribution is -2.31. The van der Waals surface area contributed by atoms with E-state index in [0.717, 1.165) is 18.2 Å². The molecule has 0 aliphatic carbocycles. The van der Waals surface area contributed by atoms with E-state index in [1.165, 1.54) is 0 Å². The Bertz CT molecular complexity index is 655. The zero-order valence-electron chi connectivity index (χ0n) is 11.6. The van der Waals surface area contributed by atoms with Gasteiger partial charge in [-0.25, -0.2) is 17.6 Å². The van der Waals surface area contributed by atoms with E-state index in [1.807, 2.05) is 0 Å². The number of carboxylic acids is 1. The van der Waals surface area contributed by atoms with Gasteiger partial charge in [0.05, 0.1) is 11.3 Å². The second-order valence-electron chi connectivity index (χ2n) is 4.74. The normalized spacial score (nSPS) is 11.4. The van der Waals surface area contributed by atoms with Gasteiger partial charge in [0.1, 0.15) is 10.7 Å². The molecule has 0 heterocycles. The van der Waals surface area contributed by atoms with Crippen LogP contribution >= 0.6 is 0 Å². The number of hydrogen-bond donors (Lipinski definition) is 2. The summed E-state index contributed by atoms with van der Waals surface area (Å²) in [5.41, 5.74) is -0.332. The maximum atomic E-state index is 13.6. The van der Waals surface area contributed by atoms with Crippen molar-refractivity contribution in [3.05, 3.63) is 29.6 Å². The Morgan fingerprint density at radius 2 is 1.95 bits per heavy atom. The number of carboxylic acid groups (broad SMARTS) is 1. The molecule has 6 nitrogen and oxygen atoms in total. The molecule has 0 unspecified atom stereocenters. The summed E-state index contributed by atoms with van der Waals surface area (Å²) < 4.78 is 37.6. The van der Waals surface area contributed by atoms with Gasteiger partial charge in [0.25, 0.3) is 0 Å². The van der Waals surface area contributed by atoms with Crippen molar-refractivity contribution >= 4 is 21.7 Å². The van der Waals surface area contributed by atoms with Crippen LogP contribution in [0.4, 0.5) is 4.39 Å². The van der Waals surface area contributed by atoms with Crippen LogP contribution in [0.5, 0.6) is 0 Å². The van der Waals surface area contributed by atoms with Gasteiger partial charge in [0.2, 0.25) is 5.91 Å². The van der Waals surface area contributed by atoms with E-state index in [9.17, 15) is 22.4 Å². The average Bonchev–Trinajstić information content (AvgIpc) is 2.35. The number of rotatable bonds is 6. The number of benzene rings is 1. The molecule has 0 radical (unpaired) electrons. The Morgan fingerprint density at radius 3 is 2.48 bits per heavy atom. The molecule has 1 amide bonds. The van der Waals surface area contributed by atoms with Crippen LogP contribution in [0, 0.1) is 5.82 Å². The molecule has 0 aromatic heterocycles. The largest absolute Gasteiger partial charge is 0.478 e. The minimum atomic E-state index is -4.08. The average molecular weight is 317 g/mol. The SMILES string of the molecule is CC(C)NC(=O)CCS(=O)(=O)c1cc(C(=O)O)ccc1F. The van der Waals surface area contributed by atoms with Crippen LogP contribution in [-0.4, -0.2) is 37.2 Å². The molecule has 0 aliphatic rings. The first-order valence-electron chi connectivity index (χ1n) is 6.18. The van der Waals surface area contributed by atoms with E-state index in [-0.39, 0.29) is 18.0 Å². The summed E-state index contributed by atoms with van der Waals surface area (Å²) >= 11 is 0. The second kappa shape index (κ2) is 6.66. The summed E-state index contributed by atoms with van der Waals surface area (Å²) in [5, 5.41) is 11.3. The van der Waals surface area contributed by atoms with Crippen molar-refractivity contribution in [1.29, 1.82) is 0 Å². The van der Waals surface area contributed by atoms with Crippen molar-refractivity contribution in [1.82, 2.24) is 5.32 Å². The Balaban J connectivity index is 2.95. The number of halogens is 1. The first-order chi connectivity index (χ1) is 9.63. The van der Waals surface area contributed by atoms with Crippen LogP contribution in [0.25, 0.3) is 0 Å². The predicted octanol–water partition coefficient (Wildman–Crippen LogP) is 1.21. The lowest BCUT2D eigenvalue weighted by Gasteiger charge is -2.09. The fourth-order valence-corrected chi connectivity index (χ4v) is 2.95. The van der Waals surface area contributed by atoms with Gasteiger partial charge >= 0.3 is 5.97 Å². The topological polar surface area (TPSA) is 101 Å². The molecular weight excluding hydrogens is 301 g/mol. The first kappa shape index (κ1) is 17.1. The number of sulfone groups is 1. The lowest BCUT2D eigenvalue weighted by molar-refractivity contribution is -0.121. The van der Waals surface area contributed by atoms with Crippen molar-refractivity contribution in [2.24, 2.45) is 0 Å². The molecule has 0 bridgehead atoms. The quantitative estimate of drug-likeness (QED) is 0.821. The zero-order valence-corrected chi connectivity index (χ0v) is 12.4. The number of aromatic carboxylic acids is 1. The van der Waals surface area contributed by atoms with E-state index in [0.29, 0.717) is 0 Å². The molecule has 0 spiro atoms. The molecule has 0 aliphatic heterocycles. The Hall–Kier alpha value is -1.96. The highest BCUT2D eigenvalue weighted by atomic mass is 32.2. The molecule has 8 heteroatoms. The smallest absolute Gasteiger partial charge is 0.335 e. The van der Waals surface area contributed by atoms with Crippen LogP contribution in [0.2, 0.25) is 0 Å². The molecule has 2 N–H and O–H groups in total. The third-order valence-electron chi connectivity index (χ3n) is 2.56. The van der Waals surface area contributed by atoms with Gasteiger partial charge in [-0.2, -0.15) is 0 Å². The van der Waals surface area contributed by atoms with Crippen molar-refractivity contribution in [2.45, 2.75) is 31.2 Å². The second-order valence-corrected chi connectivity index (χ2v) is 6.82. The van der Waals surface area contributed by atoms with E-state index in [1.54, 1.807) is 13.8 Å². The van der Waals surface area contributed by atoms with E-state index in [2.05, 4.69) is 5.32 Å². The first-order valence-corrected chi connectivity index (χ1v) is 7.83. The monoisotopic (exact) mass is 317 g/mol. The van der Waals surface area contributed by atoms with Crippen LogP contribution in [0.15, 0.2) is 23.1 Å². The fraction of sp³-hybridized carbons (Fsp3) is 0.385. The van der Waals surface area contributed by atoms with Gasteiger partial charge in [0.15, 0.2) is 9.84 Å². The summed E-state index contributed by atoms with van der Waals surface area (Å²) in [7, 11) is -4.08. The number of nitrogens with one attached hydrogen (secondary N) is 1. The number of amides is 1. The molecule has 1 aromatic carbocycles.